The van der Waals surface area contributed by atoms with Gasteiger partial charge in [0.2, 0.25) is 0 Å². The third-order valence-electron chi connectivity index (χ3n) is 3.80. The van der Waals surface area contributed by atoms with E-state index in [1.54, 1.807) is 36.4 Å². The van der Waals surface area contributed by atoms with Crippen molar-refractivity contribution in [1.82, 2.24) is 0 Å². The van der Waals surface area contributed by atoms with Gasteiger partial charge in [-0.2, -0.15) is 0 Å². The van der Waals surface area contributed by atoms with E-state index in [4.69, 9.17) is 18.9 Å². The summed E-state index contributed by atoms with van der Waals surface area (Å²) in [5, 5.41) is 21.0. The Balaban J connectivity index is 2.30. The zero-order chi connectivity index (χ0) is 17.7. The van der Waals surface area contributed by atoms with Crippen LogP contribution in [0.25, 0.3) is 0 Å². The van der Waals surface area contributed by atoms with E-state index >= 15 is 0 Å². The quantitative estimate of drug-likeness (QED) is 0.810. The highest BCUT2D eigenvalue weighted by Gasteiger charge is 2.23. The van der Waals surface area contributed by atoms with Gasteiger partial charge in [-0.05, 0) is 35.4 Å². The Morgan fingerprint density at radius 1 is 0.583 bits per heavy atom. The molecule has 0 fully saturated rings. The summed E-state index contributed by atoms with van der Waals surface area (Å²) in [6.07, 6.45) is -2.27. The van der Waals surface area contributed by atoms with Crippen molar-refractivity contribution in [2.75, 3.05) is 28.4 Å². The first-order valence-electron chi connectivity index (χ1n) is 7.35. The fourth-order valence-electron chi connectivity index (χ4n) is 2.44. The van der Waals surface area contributed by atoms with Crippen LogP contribution in [0.1, 0.15) is 23.3 Å². The molecular weight excluding hydrogens is 312 g/mol. The fraction of sp³-hybridized carbons (Fsp3) is 0.333. The van der Waals surface area contributed by atoms with Crippen molar-refractivity contribution < 1.29 is 29.2 Å². The predicted octanol–water partition coefficient (Wildman–Crippen LogP) is 2.49. The fourth-order valence-corrected chi connectivity index (χ4v) is 2.44. The minimum Gasteiger partial charge on any atom is -0.493 e. The molecule has 2 aromatic rings. The number of hydrogen-bond acceptors (Lipinski definition) is 6. The van der Waals surface area contributed by atoms with Gasteiger partial charge in [0.05, 0.1) is 28.4 Å². The van der Waals surface area contributed by atoms with Crippen molar-refractivity contribution in [2.24, 2.45) is 0 Å². The highest BCUT2D eigenvalue weighted by atomic mass is 16.5. The SMILES string of the molecule is COc1ccc([C@H](O)[C@@H](O)c2ccc(OC)c(OC)c2)cc1OC. The Morgan fingerprint density at radius 2 is 0.917 bits per heavy atom. The second kappa shape index (κ2) is 7.90. The molecule has 2 aromatic carbocycles. The van der Waals surface area contributed by atoms with E-state index in [0.717, 1.165) is 0 Å². The van der Waals surface area contributed by atoms with Gasteiger partial charge in [-0.25, -0.2) is 0 Å². The highest BCUT2D eigenvalue weighted by Crippen LogP contribution is 2.37. The Labute approximate surface area is 141 Å². The van der Waals surface area contributed by atoms with Gasteiger partial charge >= 0.3 is 0 Å². The smallest absolute Gasteiger partial charge is 0.161 e. The van der Waals surface area contributed by atoms with Gasteiger partial charge in [0.1, 0.15) is 12.2 Å². The Morgan fingerprint density at radius 3 is 1.21 bits per heavy atom. The average molecular weight is 334 g/mol. The lowest BCUT2D eigenvalue weighted by Gasteiger charge is -2.20. The third kappa shape index (κ3) is 3.55. The lowest BCUT2D eigenvalue weighted by atomic mass is 9.97. The Hall–Kier alpha value is -2.44. The monoisotopic (exact) mass is 334 g/mol. The van der Waals surface area contributed by atoms with E-state index in [1.807, 2.05) is 0 Å². The first-order valence-corrected chi connectivity index (χ1v) is 7.35. The largest absolute Gasteiger partial charge is 0.493 e. The maximum absolute atomic E-state index is 10.5. The van der Waals surface area contributed by atoms with E-state index < -0.39 is 12.2 Å². The van der Waals surface area contributed by atoms with Crippen molar-refractivity contribution in [3.8, 4) is 23.0 Å². The van der Waals surface area contributed by atoms with Crippen LogP contribution in [0, 0.1) is 0 Å². The van der Waals surface area contributed by atoms with E-state index in [2.05, 4.69) is 0 Å². The number of aliphatic hydroxyl groups is 2. The molecule has 0 unspecified atom stereocenters. The topological polar surface area (TPSA) is 77.4 Å². The summed E-state index contributed by atoms with van der Waals surface area (Å²) < 4.78 is 20.8. The van der Waals surface area contributed by atoms with E-state index in [1.165, 1.54) is 28.4 Å². The molecule has 24 heavy (non-hydrogen) atoms. The summed E-state index contributed by atoms with van der Waals surface area (Å²) in [6.45, 7) is 0. The van der Waals surface area contributed by atoms with E-state index in [9.17, 15) is 10.2 Å². The van der Waals surface area contributed by atoms with Crippen LogP contribution in [0.4, 0.5) is 0 Å². The summed E-state index contributed by atoms with van der Waals surface area (Å²) in [5.74, 6) is 2.06. The zero-order valence-electron chi connectivity index (χ0n) is 14.1. The van der Waals surface area contributed by atoms with Gasteiger partial charge in [-0.15, -0.1) is 0 Å². The van der Waals surface area contributed by atoms with Crippen LogP contribution in [0.15, 0.2) is 36.4 Å². The van der Waals surface area contributed by atoms with Gasteiger partial charge in [-0.3, -0.25) is 0 Å². The van der Waals surface area contributed by atoms with Gasteiger partial charge in [0.25, 0.3) is 0 Å². The molecule has 6 heteroatoms. The number of methoxy groups -OCH3 is 4. The Kier molecular flexibility index (Phi) is 5.89. The van der Waals surface area contributed by atoms with Crippen molar-refractivity contribution in [3.63, 3.8) is 0 Å². The molecule has 6 nitrogen and oxygen atoms in total. The van der Waals surface area contributed by atoms with Gasteiger partial charge in [0, 0.05) is 0 Å². The van der Waals surface area contributed by atoms with Crippen LogP contribution in [0.3, 0.4) is 0 Å². The standard InChI is InChI=1S/C18H22O6/c1-21-13-7-5-11(9-15(13)23-3)17(19)18(20)12-6-8-14(22-2)16(10-12)24-4/h5-10,17-20H,1-4H3/t17-,18-/m0/s1. The minimum atomic E-state index is -1.14. The molecular formula is C18H22O6. The van der Waals surface area contributed by atoms with Crippen LogP contribution < -0.4 is 18.9 Å². The van der Waals surface area contributed by atoms with Crippen LogP contribution in [0.2, 0.25) is 0 Å². The number of ether oxygens (including phenoxy) is 4. The van der Waals surface area contributed by atoms with Crippen molar-refractivity contribution in [2.45, 2.75) is 12.2 Å². The van der Waals surface area contributed by atoms with Gasteiger partial charge in [-0.1, -0.05) is 12.1 Å². The normalized spacial score (nSPS) is 13.1. The average Bonchev–Trinajstić information content (AvgIpc) is 2.65. The summed E-state index contributed by atoms with van der Waals surface area (Å²) in [5.41, 5.74) is 1.02. The van der Waals surface area contributed by atoms with E-state index in [0.29, 0.717) is 34.1 Å². The molecule has 0 radical (unpaired) electrons. The molecule has 0 aromatic heterocycles. The molecule has 0 spiro atoms. The number of benzene rings is 2. The number of aliphatic hydroxyl groups excluding tert-OH is 2. The molecule has 0 aliphatic heterocycles. The van der Waals surface area contributed by atoms with Crippen LogP contribution in [0.5, 0.6) is 23.0 Å². The molecule has 2 rings (SSSR count). The molecule has 0 aliphatic rings. The lowest BCUT2D eigenvalue weighted by molar-refractivity contribution is 0.0169. The maximum atomic E-state index is 10.5. The summed E-state index contributed by atoms with van der Waals surface area (Å²) in [7, 11) is 6.09. The van der Waals surface area contributed by atoms with Crippen LogP contribution >= 0.6 is 0 Å². The number of rotatable bonds is 7. The Bertz CT molecular complexity index is 626. The second-order valence-electron chi connectivity index (χ2n) is 5.12. The molecule has 0 saturated heterocycles. The van der Waals surface area contributed by atoms with Crippen molar-refractivity contribution in [1.29, 1.82) is 0 Å². The summed E-state index contributed by atoms with van der Waals surface area (Å²) in [6, 6.07) is 9.98. The van der Waals surface area contributed by atoms with Crippen molar-refractivity contribution >= 4 is 0 Å². The summed E-state index contributed by atoms with van der Waals surface area (Å²) in [4.78, 5) is 0. The van der Waals surface area contributed by atoms with Crippen molar-refractivity contribution in [3.05, 3.63) is 47.5 Å². The summed E-state index contributed by atoms with van der Waals surface area (Å²) >= 11 is 0. The second-order valence-corrected chi connectivity index (χ2v) is 5.12. The molecule has 2 atom stereocenters. The van der Waals surface area contributed by atoms with Crippen LogP contribution in [-0.4, -0.2) is 38.7 Å². The van der Waals surface area contributed by atoms with Gasteiger partial charge < -0.3 is 29.2 Å². The number of hydrogen-bond donors (Lipinski definition) is 2. The van der Waals surface area contributed by atoms with Gasteiger partial charge in [0.15, 0.2) is 23.0 Å². The maximum Gasteiger partial charge on any atom is 0.161 e. The molecule has 2 N–H and O–H groups in total. The molecule has 0 saturated carbocycles. The first-order chi connectivity index (χ1) is 11.5. The molecule has 0 heterocycles. The molecule has 130 valence electrons. The zero-order valence-corrected chi connectivity index (χ0v) is 14.1. The molecule has 0 bridgehead atoms. The molecule has 0 amide bonds. The highest BCUT2D eigenvalue weighted by molar-refractivity contribution is 5.46. The third-order valence-corrected chi connectivity index (χ3v) is 3.80. The predicted molar refractivity (Wildman–Crippen MR) is 89.0 cm³/mol. The lowest BCUT2D eigenvalue weighted by Crippen LogP contribution is -2.11. The molecule has 0 aliphatic carbocycles. The minimum absolute atomic E-state index is 0.480. The van der Waals surface area contributed by atoms with E-state index in [-0.39, 0.29) is 0 Å². The van der Waals surface area contributed by atoms with Crippen LogP contribution in [-0.2, 0) is 0 Å². The first kappa shape index (κ1) is 17.9.